The summed E-state index contributed by atoms with van der Waals surface area (Å²) >= 11 is 0. The second-order valence-electron chi connectivity index (χ2n) is 4.90. The van der Waals surface area contributed by atoms with E-state index in [0.717, 1.165) is 5.56 Å². The van der Waals surface area contributed by atoms with Gasteiger partial charge in [-0.1, -0.05) is 38.6 Å². The van der Waals surface area contributed by atoms with Gasteiger partial charge in [0.05, 0.1) is 12.5 Å². The molecule has 0 N–H and O–H groups in total. The van der Waals surface area contributed by atoms with Gasteiger partial charge in [-0.3, -0.25) is 19.3 Å². The van der Waals surface area contributed by atoms with E-state index in [1.54, 1.807) is 12.1 Å². The molecule has 1 aliphatic heterocycles. The molecule has 2 aliphatic rings. The molecular weight excluding hydrogens is 266 g/mol. The third kappa shape index (κ3) is 2.53. The zero-order chi connectivity index (χ0) is 15.6. The van der Waals surface area contributed by atoms with E-state index in [1.165, 1.54) is 4.90 Å². The largest absolute Gasteiger partial charge is 0.299 e. The molecule has 21 heavy (non-hydrogen) atoms. The van der Waals surface area contributed by atoms with Crippen LogP contribution in [-0.4, -0.2) is 28.4 Å². The van der Waals surface area contributed by atoms with E-state index in [0.29, 0.717) is 24.1 Å². The number of carbonyl (C=O) groups excluding carboxylic acids is 3. The molecule has 1 saturated carbocycles. The van der Waals surface area contributed by atoms with Crippen molar-refractivity contribution in [3.63, 3.8) is 0 Å². The van der Waals surface area contributed by atoms with Gasteiger partial charge in [-0.05, 0) is 12.5 Å². The molecule has 3 rings (SSSR count). The molecule has 0 spiro atoms. The number of amides is 1. The van der Waals surface area contributed by atoms with Crippen LogP contribution >= 0.6 is 0 Å². The number of Topliss-reactive ketones (excluding diaryl/α,β-unsaturated/α-hetero) is 2. The summed E-state index contributed by atoms with van der Waals surface area (Å²) in [5, 5.41) is 0. The average Bonchev–Trinajstić information content (AvgIpc) is 2.75. The minimum Gasteiger partial charge on any atom is -0.299 e. The van der Waals surface area contributed by atoms with Crippen LogP contribution in [0.1, 0.15) is 49.0 Å². The third-order valence-electron chi connectivity index (χ3n) is 3.73. The fraction of sp³-hybridized carbons (Fsp3) is 0.353. The van der Waals surface area contributed by atoms with E-state index < -0.39 is 6.04 Å². The first kappa shape index (κ1) is 15.2. The summed E-state index contributed by atoms with van der Waals surface area (Å²) in [5.74, 6) is -0.414. The van der Waals surface area contributed by atoms with Crippen molar-refractivity contribution >= 4 is 23.2 Å². The highest BCUT2D eigenvalue weighted by Gasteiger charge is 2.40. The van der Waals surface area contributed by atoms with Gasteiger partial charge in [-0.25, -0.2) is 0 Å². The third-order valence-corrected chi connectivity index (χ3v) is 3.73. The molecule has 1 unspecified atom stereocenters. The van der Waals surface area contributed by atoms with Crippen LogP contribution in [-0.2, 0) is 9.59 Å². The molecule has 1 aromatic carbocycles. The summed E-state index contributed by atoms with van der Waals surface area (Å²) in [5.41, 5.74) is 1.92. The Hall–Kier alpha value is -2.23. The van der Waals surface area contributed by atoms with Crippen LogP contribution in [0.2, 0.25) is 0 Å². The number of fused-ring (bicyclic) bond motifs is 1. The Bertz CT molecular complexity index is 583. The van der Waals surface area contributed by atoms with E-state index in [9.17, 15) is 14.4 Å². The summed E-state index contributed by atoms with van der Waals surface area (Å²) < 4.78 is 0. The lowest BCUT2D eigenvalue weighted by atomic mass is 9.91. The highest BCUT2D eigenvalue weighted by molar-refractivity contribution is 6.13. The van der Waals surface area contributed by atoms with Gasteiger partial charge in [-0.15, -0.1) is 0 Å². The molecule has 1 aliphatic carbocycles. The highest BCUT2D eigenvalue weighted by atomic mass is 16.2. The molecule has 0 radical (unpaired) electrons. The SMILES string of the molecule is C=C1c2ccccc2C(=O)N1C1CCC(=O)CC1=O.CC. The van der Waals surface area contributed by atoms with Crippen molar-refractivity contribution in [1.29, 1.82) is 0 Å². The Kier molecular flexibility index (Phi) is 4.36. The van der Waals surface area contributed by atoms with E-state index in [4.69, 9.17) is 0 Å². The first-order chi connectivity index (χ1) is 10.1. The van der Waals surface area contributed by atoms with Crippen molar-refractivity contribution < 1.29 is 14.4 Å². The number of hydrogen-bond donors (Lipinski definition) is 0. The predicted octanol–water partition coefficient (Wildman–Crippen LogP) is 2.83. The molecule has 4 nitrogen and oxygen atoms in total. The highest BCUT2D eigenvalue weighted by Crippen LogP contribution is 2.35. The zero-order valence-electron chi connectivity index (χ0n) is 12.4. The molecule has 1 amide bonds. The summed E-state index contributed by atoms with van der Waals surface area (Å²) in [6.45, 7) is 7.92. The minimum atomic E-state index is -0.537. The Morgan fingerprint density at radius 3 is 2.29 bits per heavy atom. The lowest BCUT2D eigenvalue weighted by molar-refractivity contribution is -0.132. The molecule has 1 fully saturated rings. The second-order valence-corrected chi connectivity index (χ2v) is 4.90. The van der Waals surface area contributed by atoms with Crippen molar-refractivity contribution in [3.8, 4) is 0 Å². The van der Waals surface area contributed by atoms with E-state index in [2.05, 4.69) is 6.58 Å². The number of benzene rings is 1. The van der Waals surface area contributed by atoms with E-state index in [-0.39, 0.29) is 23.9 Å². The minimum absolute atomic E-state index is 0.0453. The standard InChI is InChI=1S/C15H13NO3.C2H6/c1-9-11-4-2-3-5-12(11)15(19)16(9)13-7-6-10(17)8-14(13)18;1-2/h2-5,13H,1,6-8H2;1-2H3. The molecule has 1 atom stereocenters. The van der Waals surface area contributed by atoms with E-state index in [1.807, 2.05) is 26.0 Å². The summed E-state index contributed by atoms with van der Waals surface area (Å²) in [6, 6.07) is 6.66. The van der Waals surface area contributed by atoms with Crippen LogP contribution in [0.5, 0.6) is 0 Å². The Balaban J connectivity index is 0.000000774. The predicted molar refractivity (Wildman–Crippen MR) is 80.6 cm³/mol. The molecule has 4 heteroatoms. The van der Waals surface area contributed by atoms with Gasteiger partial charge in [0.25, 0.3) is 5.91 Å². The van der Waals surface area contributed by atoms with E-state index >= 15 is 0 Å². The summed E-state index contributed by atoms with van der Waals surface area (Å²) in [7, 11) is 0. The maximum atomic E-state index is 12.4. The van der Waals surface area contributed by atoms with Gasteiger partial charge in [-0.2, -0.15) is 0 Å². The van der Waals surface area contributed by atoms with Gasteiger partial charge >= 0.3 is 0 Å². The normalized spacial score (nSPS) is 21.0. The first-order valence-corrected chi connectivity index (χ1v) is 7.26. The Morgan fingerprint density at radius 1 is 1.10 bits per heavy atom. The second kappa shape index (κ2) is 6.04. The zero-order valence-corrected chi connectivity index (χ0v) is 12.4. The fourth-order valence-electron chi connectivity index (χ4n) is 2.77. The smallest absolute Gasteiger partial charge is 0.259 e. The summed E-state index contributed by atoms with van der Waals surface area (Å²) in [6.07, 6.45) is 0.679. The van der Waals surface area contributed by atoms with Gasteiger partial charge in [0.2, 0.25) is 0 Å². The number of hydrogen-bond acceptors (Lipinski definition) is 3. The van der Waals surface area contributed by atoms with Crippen LogP contribution in [0.15, 0.2) is 30.8 Å². The molecule has 110 valence electrons. The monoisotopic (exact) mass is 285 g/mol. The summed E-state index contributed by atoms with van der Waals surface area (Å²) in [4.78, 5) is 37.1. The topological polar surface area (TPSA) is 54.5 Å². The maximum Gasteiger partial charge on any atom is 0.259 e. The van der Waals surface area contributed by atoms with Gasteiger partial charge in [0.15, 0.2) is 5.78 Å². The molecular formula is C17H19NO3. The molecule has 0 aromatic heterocycles. The van der Waals surface area contributed by atoms with Crippen molar-refractivity contribution in [2.24, 2.45) is 0 Å². The number of carbonyl (C=O) groups is 3. The van der Waals surface area contributed by atoms with Crippen LogP contribution < -0.4 is 0 Å². The number of rotatable bonds is 1. The van der Waals surface area contributed by atoms with Crippen LogP contribution in [0, 0.1) is 0 Å². The van der Waals surface area contributed by atoms with Gasteiger partial charge in [0, 0.05) is 23.2 Å². The molecule has 0 saturated heterocycles. The quantitative estimate of drug-likeness (QED) is 0.746. The average molecular weight is 285 g/mol. The Labute approximate surface area is 124 Å². The molecule has 0 bridgehead atoms. The lowest BCUT2D eigenvalue weighted by Gasteiger charge is -2.29. The number of nitrogens with zero attached hydrogens (tertiary/aromatic N) is 1. The van der Waals surface area contributed by atoms with Gasteiger partial charge < -0.3 is 0 Å². The first-order valence-electron chi connectivity index (χ1n) is 7.26. The van der Waals surface area contributed by atoms with Crippen LogP contribution in [0.25, 0.3) is 5.70 Å². The van der Waals surface area contributed by atoms with Crippen molar-refractivity contribution in [1.82, 2.24) is 4.90 Å². The number of ketones is 2. The van der Waals surface area contributed by atoms with Gasteiger partial charge in [0.1, 0.15) is 5.78 Å². The van der Waals surface area contributed by atoms with Crippen molar-refractivity contribution in [2.45, 2.75) is 39.2 Å². The van der Waals surface area contributed by atoms with Crippen LogP contribution in [0.3, 0.4) is 0 Å². The molecule has 1 heterocycles. The Morgan fingerprint density at radius 2 is 1.71 bits per heavy atom. The fourth-order valence-corrected chi connectivity index (χ4v) is 2.77. The maximum absolute atomic E-state index is 12.4. The van der Waals surface area contributed by atoms with Crippen molar-refractivity contribution in [2.75, 3.05) is 0 Å². The lowest BCUT2D eigenvalue weighted by Crippen LogP contribution is -2.44. The molecule has 1 aromatic rings. The van der Waals surface area contributed by atoms with Crippen LogP contribution in [0.4, 0.5) is 0 Å². The van der Waals surface area contributed by atoms with Crippen molar-refractivity contribution in [3.05, 3.63) is 42.0 Å².